The number of hydrogen-bond donors (Lipinski definition) is 1. The Bertz CT molecular complexity index is 696. The van der Waals surface area contributed by atoms with E-state index in [-0.39, 0.29) is 0 Å². The molecule has 0 amide bonds. The molecule has 5 heteroatoms. The van der Waals surface area contributed by atoms with Crippen LogP contribution in [0, 0.1) is 0 Å². The molecule has 0 aliphatic rings. The number of aromatic nitrogens is 4. The highest BCUT2D eigenvalue weighted by Gasteiger charge is 2.03. The molecular weight excluding hydrogens is 262 g/mol. The minimum absolute atomic E-state index is 0.376. The van der Waals surface area contributed by atoms with Crippen molar-refractivity contribution in [2.75, 3.05) is 5.32 Å². The highest BCUT2D eigenvalue weighted by Crippen LogP contribution is 2.12. The molecule has 0 saturated heterocycles. The average molecular weight is 281 g/mol. The summed E-state index contributed by atoms with van der Waals surface area (Å²) in [6, 6.07) is 10.5. The smallest absolute Gasteiger partial charge is 0.0729 e. The molecule has 1 aromatic carbocycles. The molecule has 0 fully saturated rings. The van der Waals surface area contributed by atoms with E-state index in [2.05, 4.69) is 29.4 Å². The lowest BCUT2D eigenvalue weighted by Gasteiger charge is -2.04. The Morgan fingerprint density at radius 1 is 1.05 bits per heavy atom. The zero-order valence-electron chi connectivity index (χ0n) is 12.3. The lowest BCUT2D eigenvalue weighted by molar-refractivity contribution is 0.532. The summed E-state index contributed by atoms with van der Waals surface area (Å²) < 4.78 is 3.82. The summed E-state index contributed by atoms with van der Waals surface area (Å²) in [5.74, 6) is 0. The zero-order chi connectivity index (χ0) is 14.7. The van der Waals surface area contributed by atoms with Crippen LogP contribution in [0.4, 0.5) is 5.69 Å². The number of hydrogen-bond acceptors (Lipinski definition) is 3. The summed E-state index contributed by atoms with van der Waals surface area (Å²) in [5, 5.41) is 12.1. The maximum Gasteiger partial charge on any atom is 0.0729 e. The molecule has 3 aromatic rings. The summed E-state index contributed by atoms with van der Waals surface area (Å²) in [6.45, 7) is 4.96. The number of benzene rings is 1. The minimum atomic E-state index is 0.376. The molecule has 0 aliphatic heterocycles. The highest BCUT2D eigenvalue weighted by atomic mass is 15.3. The lowest BCUT2D eigenvalue weighted by atomic mass is 10.3. The fourth-order valence-electron chi connectivity index (χ4n) is 2.09. The molecule has 0 bridgehead atoms. The van der Waals surface area contributed by atoms with Crippen LogP contribution in [0.2, 0.25) is 0 Å². The predicted octanol–water partition coefficient (Wildman–Crippen LogP) is 3.26. The third-order valence-corrected chi connectivity index (χ3v) is 3.28. The Hall–Kier alpha value is -2.56. The number of anilines is 1. The van der Waals surface area contributed by atoms with Crippen LogP contribution in [-0.2, 0) is 6.54 Å². The standard InChI is InChI=1S/C16H19N5/c1-13(2)20-12-15(10-19-20)17-8-14-9-18-21(11-14)16-6-4-3-5-7-16/h3-7,9-13,17H,8H2,1-2H3. The third-order valence-electron chi connectivity index (χ3n) is 3.28. The first-order valence-electron chi connectivity index (χ1n) is 7.09. The molecule has 0 spiro atoms. The van der Waals surface area contributed by atoms with Gasteiger partial charge in [0.05, 0.1) is 23.8 Å². The van der Waals surface area contributed by atoms with Crippen molar-refractivity contribution in [1.29, 1.82) is 0 Å². The maximum atomic E-state index is 4.39. The van der Waals surface area contributed by atoms with Gasteiger partial charge in [-0.25, -0.2) is 4.68 Å². The Kier molecular flexibility index (Phi) is 3.73. The molecule has 3 rings (SSSR count). The number of para-hydroxylation sites is 1. The van der Waals surface area contributed by atoms with Crippen molar-refractivity contribution in [3.63, 3.8) is 0 Å². The van der Waals surface area contributed by atoms with Crippen LogP contribution < -0.4 is 5.32 Å². The fourth-order valence-corrected chi connectivity index (χ4v) is 2.09. The van der Waals surface area contributed by atoms with Crippen molar-refractivity contribution >= 4 is 5.69 Å². The van der Waals surface area contributed by atoms with Gasteiger partial charge in [-0.2, -0.15) is 10.2 Å². The van der Waals surface area contributed by atoms with Gasteiger partial charge < -0.3 is 5.32 Å². The predicted molar refractivity (Wildman–Crippen MR) is 83.5 cm³/mol. The highest BCUT2D eigenvalue weighted by molar-refractivity contribution is 5.39. The molecule has 0 unspecified atom stereocenters. The summed E-state index contributed by atoms with van der Waals surface area (Å²) in [4.78, 5) is 0. The van der Waals surface area contributed by atoms with E-state index < -0.39 is 0 Å². The van der Waals surface area contributed by atoms with E-state index in [0.717, 1.165) is 23.5 Å². The molecule has 5 nitrogen and oxygen atoms in total. The molecule has 21 heavy (non-hydrogen) atoms. The third kappa shape index (κ3) is 3.13. The lowest BCUT2D eigenvalue weighted by Crippen LogP contribution is -2.00. The van der Waals surface area contributed by atoms with Gasteiger partial charge in [-0.15, -0.1) is 0 Å². The molecule has 2 aromatic heterocycles. The van der Waals surface area contributed by atoms with E-state index in [0.29, 0.717) is 6.04 Å². The second-order valence-electron chi connectivity index (χ2n) is 5.29. The van der Waals surface area contributed by atoms with Crippen LogP contribution in [0.15, 0.2) is 55.1 Å². The van der Waals surface area contributed by atoms with E-state index in [1.54, 1.807) is 0 Å². The Morgan fingerprint density at radius 3 is 2.57 bits per heavy atom. The second-order valence-corrected chi connectivity index (χ2v) is 5.29. The van der Waals surface area contributed by atoms with Crippen LogP contribution in [-0.4, -0.2) is 19.6 Å². The summed E-state index contributed by atoms with van der Waals surface area (Å²) in [5.41, 5.74) is 3.23. The fraction of sp³-hybridized carbons (Fsp3) is 0.250. The van der Waals surface area contributed by atoms with Crippen LogP contribution in [0.1, 0.15) is 25.5 Å². The quantitative estimate of drug-likeness (QED) is 0.781. The molecule has 108 valence electrons. The van der Waals surface area contributed by atoms with Gasteiger partial charge in [0.2, 0.25) is 0 Å². The van der Waals surface area contributed by atoms with Gasteiger partial charge in [0.15, 0.2) is 0 Å². The first-order chi connectivity index (χ1) is 10.2. The topological polar surface area (TPSA) is 47.7 Å². The number of nitrogens with zero attached hydrogens (tertiary/aromatic N) is 4. The SMILES string of the molecule is CC(C)n1cc(NCc2cnn(-c3ccccc3)c2)cn1. The Morgan fingerprint density at radius 2 is 1.86 bits per heavy atom. The minimum Gasteiger partial charge on any atom is -0.378 e. The van der Waals surface area contributed by atoms with Gasteiger partial charge in [0, 0.05) is 30.5 Å². The number of rotatable bonds is 5. The molecular formula is C16H19N5. The van der Waals surface area contributed by atoms with Gasteiger partial charge >= 0.3 is 0 Å². The zero-order valence-corrected chi connectivity index (χ0v) is 12.3. The van der Waals surface area contributed by atoms with Crippen molar-refractivity contribution < 1.29 is 0 Å². The van der Waals surface area contributed by atoms with Gasteiger partial charge in [0.1, 0.15) is 0 Å². The molecule has 0 atom stereocenters. The van der Waals surface area contributed by atoms with Crippen molar-refractivity contribution in [3.05, 3.63) is 60.7 Å². The van der Waals surface area contributed by atoms with Gasteiger partial charge in [-0.1, -0.05) is 18.2 Å². The summed E-state index contributed by atoms with van der Waals surface area (Å²) >= 11 is 0. The van der Waals surface area contributed by atoms with Crippen molar-refractivity contribution in [3.8, 4) is 5.69 Å². The van der Waals surface area contributed by atoms with E-state index in [9.17, 15) is 0 Å². The summed E-state index contributed by atoms with van der Waals surface area (Å²) in [7, 11) is 0. The molecule has 0 aliphatic carbocycles. The van der Waals surface area contributed by atoms with E-state index in [4.69, 9.17) is 0 Å². The normalized spacial score (nSPS) is 11.0. The van der Waals surface area contributed by atoms with Crippen molar-refractivity contribution in [2.45, 2.75) is 26.4 Å². The Labute approximate surface area is 124 Å². The average Bonchev–Trinajstić information content (AvgIpc) is 3.15. The maximum absolute atomic E-state index is 4.39. The van der Waals surface area contributed by atoms with Crippen molar-refractivity contribution in [1.82, 2.24) is 19.6 Å². The Balaban J connectivity index is 1.65. The first-order valence-corrected chi connectivity index (χ1v) is 7.09. The molecule has 0 saturated carbocycles. The van der Waals surface area contributed by atoms with Crippen LogP contribution in [0.5, 0.6) is 0 Å². The molecule has 1 N–H and O–H groups in total. The first kappa shape index (κ1) is 13.4. The van der Waals surface area contributed by atoms with Gasteiger partial charge in [-0.3, -0.25) is 4.68 Å². The van der Waals surface area contributed by atoms with Crippen molar-refractivity contribution in [2.24, 2.45) is 0 Å². The molecule has 2 heterocycles. The largest absolute Gasteiger partial charge is 0.378 e. The van der Waals surface area contributed by atoms with E-state index in [1.165, 1.54) is 0 Å². The monoisotopic (exact) mass is 281 g/mol. The van der Waals surface area contributed by atoms with Gasteiger partial charge in [0.25, 0.3) is 0 Å². The van der Waals surface area contributed by atoms with Crippen LogP contribution >= 0.6 is 0 Å². The van der Waals surface area contributed by atoms with E-state index >= 15 is 0 Å². The van der Waals surface area contributed by atoms with E-state index in [1.807, 2.05) is 64.5 Å². The van der Waals surface area contributed by atoms with Crippen LogP contribution in [0.3, 0.4) is 0 Å². The summed E-state index contributed by atoms with van der Waals surface area (Å²) in [6.07, 6.45) is 7.79. The number of nitrogens with one attached hydrogen (secondary N) is 1. The second kappa shape index (κ2) is 5.83. The van der Waals surface area contributed by atoms with Gasteiger partial charge in [-0.05, 0) is 26.0 Å². The van der Waals surface area contributed by atoms with Crippen LogP contribution in [0.25, 0.3) is 5.69 Å². The molecule has 0 radical (unpaired) electrons.